The molecule has 1 saturated carbocycles. The molecule has 1 N–H and O–H groups in total. The molecule has 1 aliphatic carbocycles. The van der Waals surface area contributed by atoms with Crippen LogP contribution in [-0.2, 0) is 9.59 Å². The summed E-state index contributed by atoms with van der Waals surface area (Å²) in [5.74, 6) is -0.733. The van der Waals surface area contributed by atoms with Gasteiger partial charge in [0.15, 0.2) is 0 Å². The third kappa shape index (κ3) is 4.64. The van der Waals surface area contributed by atoms with Crippen molar-refractivity contribution in [2.24, 2.45) is 5.92 Å². The largest absolute Gasteiger partial charge is 0.344 e. The number of amides is 3. The van der Waals surface area contributed by atoms with Crippen molar-refractivity contribution in [1.82, 2.24) is 15.1 Å². The molecule has 0 bridgehead atoms. The maximum Gasteiger partial charge on any atom is 0.254 e. The first-order chi connectivity index (χ1) is 13.0. The van der Waals surface area contributed by atoms with E-state index in [9.17, 15) is 18.8 Å². The highest BCUT2D eigenvalue weighted by molar-refractivity contribution is 5.94. The van der Waals surface area contributed by atoms with Gasteiger partial charge in [-0.1, -0.05) is 18.9 Å². The molecule has 0 aromatic heterocycles. The summed E-state index contributed by atoms with van der Waals surface area (Å²) in [5, 5.41) is 2.83. The Morgan fingerprint density at radius 1 is 1.07 bits per heavy atom. The van der Waals surface area contributed by atoms with E-state index in [1.54, 1.807) is 15.9 Å². The molecular weight excluding hydrogens is 349 g/mol. The first-order valence-electron chi connectivity index (χ1n) is 9.56. The predicted molar refractivity (Wildman–Crippen MR) is 98.4 cm³/mol. The van der Waals surface area contributed by atoms with Gasteiger partial charge in [0.2, 0.25) is 11.8 Å². The molecule has 2 fully saturated rings. The van der Waals surface area contributed by atoms with E-state index in [1.165, 1.54) is 25.1 Å². The van der Waals surface area contributed by atoms with E-state index in [2.05, 4.69) is 5.32 Å². The van der Waals surface area contributed by atoms with Crippen LogP contribution >= 0.6 is 0 Å². The van der Waals surface area contributed by atoms with E-state index in [4.69, 9.17) is 0 Å². The Labute approximate surface area is 158 Å². The molecule has 0 radical (unpaired) electrons. The molecule has 1 aromatic rings. The van der Waals surface area contributed by atoms with E-state index in [0.717, 1.165) is 25.7 Å². The topological polar surface area (TPSA) is 69.7 Å². The number of benzene rings is 1. The molecule has 3 rings (SSSR count). The van der Waals surface area contributed by atoms with Crippen LogP contribution in [-0.4, -0.2) is 59.7 Å². The van der Waals surface area contributed by atoms with Crippen LogP contribution in [0.2, 0.25) is 0 Å². The van der Waals surface area contributed by atoms with Crippen molar-refractivity contribution in [1.29, 1.82) is 0 Å². The highest BCUT2D eigenvalue weighted by atomic mass is 19.1. The summed E-state index contributed by atoms with van der Waals surface area (Å²) in [5.41, 5.74) is 0.317. The second-order valence-electron chi connectivity index (χ2n) is 7.35. The Kier molecular flexibility index (Phi) is 6.08. The summed E-state index contributed by atoms with van der Waals surface area (Å²) >= 11 is 0. The van der Waals surface area contributed by atoms with Gasteiger partial charge in [-0.15, -0.1) is 0 Å². The van der Waals surface area contributed by atoms with Crippen molar-refractivity contribution in [2.75, 3.05) is 26.2 Å². The first kappa shape index (κ1) is 19.3. The van der Waals surface area contributed by atoms with Gasteiger partial charge >= 0.3 is 0 Å². The van der Waals surface area contributed by atoms with Gasteiger partial charge in [0.25, 0.3) is 5.91 Å². The van der Waals surface area contributed by atoms with E-state index in [1.807, 2.05) is 0 Å². The van der Waals surface area contributed by atoms with Gasteiger partial charge in [-0.2, -0.15) is 0 Å². The van der Waals surface area contributed by atoms with Gasteiger partial charge in [0, 0.05) is 38.7 Å². The van der Waals surface area contributed by atoms with Crippen molar-refractivity contribution in [3.63, 3.8) is 0 Å². The molecule has 1 aromatic carbocycles. The molecule has 6 nitrogen and oxygen atoms in total. The molecule has 146 valence electrons. The zero-order valence-electron chi connectivity index (χ0n) is 15.6. The monoisotopic (exact) mass is 375 g/mol. The Morgan fingerprint density at radius 3 is 2.30 bits per heavy atom. The second-order valence-corrected chi connectivity index (χ2v) is 7.35. The van der Waals surface area contributed by atoms with Crippen LogP contribution in [0.4, 0.5) is 4.39 Å². The summed E-state index contributed by atoms with van der Waals surface area (Å²) in [6.45, 7) is 3.08. The summed E-state index contributed by atoms with van der Waals surface area (Å²) in [7, 11) is 0. The number of hydrogen-bond acceptors (Lipinski definition) is 3. The van der Waals surface area contributed by atoms with Crippen LogP contribution in [0.25, 0.3) is 0 Å². The average Bonchev–Trinajstić information content (AvgIpc) is 3.19. The van der Waals surface area contributed by atoms with Crippen LogP contribution < -0.4 is 5.32 Å². The molecule has 1 atom stereocenters. The van der Waals surface area contributed by atoms with Crippen molar-refractivity contribution in [3.05, 3.63) is 35.6 Å². The van der Waals surface area contributed by atoms with Gasteiger partial charge in [-0.05, 0) is 37.0 Å². The standard InChI is InChI=1S/C20H26FN3O3/c1-14(25)22-18(15-5-2-3-6-15)20(27)24-11-9-23(10-12-24)19(26)16-7-4-8-17(21)13-16/h4,7-8,13,15,18H,2-3,5-6,9-12H2,1H3,(H,22,25). The van der Waals surface area contributed by atoms with Crippen LogP contribution in [0.1, 0.15) is 43.0 Å². The summed E-state index contributed by atoms with van der Waals surface area (Å²) < 4.78 is 13.3. The average molecular weight is 375 g/mol. The van der Waals surface area contributed by atoms with Crippen molar-refractivity contribution >= 4 is 17.7 Å². The van der Waals surface area contributed by atoms with E-state index in [0.29, 0.717) is 31.7 Å². The lowest BCUT2D eigenvalue weighted by atomic mass is 9.96. The normalized spacial score (nSPS) is 19.0. The zero-order valence-corrected chi connectivity index (χ0v) is 15.6. The van der Waals surface area contributed by atoms with Crippen molar-refractivity contribution < 1.29 is 18.8 Å². The SMILES string of the molecule is CC(=O)NC(C(=O)N1CCN(C(=O)c2cccc(F)c2)CC1)C1CCCC1. The quantitative estimate of drug-likeness (QED) is 0.873. The fraction of sp³-hybridized carbons (Fsp3) is 0.550. The van der Waals surface area contributed by atoms with Crippen LogP contribution in [0.15, 0.2) is 24.3 Å². The van der Waals surface area contributed by atoms with Gasteiger partial charge in [-0.25, -0.2) is 4.39 Å². The van der Waals surface area contributed by atoms with E-state index in [-0.39, 0.29) is 23.6 Å². The smallest absolute Gasteiger partial charge is 0.254 e. The number of carbonyl (C=O) groups excluding carboxylic acids is 3. The Hall–Kier alpha value is -2.44. The molecular formula is C20H26FN3O3. The fourth-order valence-electron chi connectivity index (χ4n) is 4.02. The minimum Gasteiger partial charge on any atom is -0.344 e. The fourth-order valence-corrected chi connectivity index (χ4v) is 4.02. The number of halogens is 1. The van der Waals surface area contributed by atoms with Gasteiger partial charge in [-0.3, -0.25) is 14.4 Å². The first-order valence-corrected chi connectivity index (χ1v) is 9.56. The van der Waals surface area contributed by atoms with Crippen LogP contribution in [0.3, 0.4) is 0 Å². The lowest BCUT2D eigenvalue weighted by molar-refractivity contribution is -0.138. The minimum absolute atomic E-state index is 0.0602. The molecule has 27 heavy (non-hydrogen) atoms. The summed E-state index contributed by atoms with van der Waals surface area (Å²) in [4.78, 5) is 40.4. The van der Waals surface area contributed by atoms with Crippen molar-refractivity contribution in [3.8, 4) is 0 Å². The molecule has 3 amide bonds. The minimum atomic E-state index is -0.476. The van der Waals surface area contributed by atoms with Gasteiger partial charge < -0.3 is 15.1 Å². The Bertz CT molecular complexity index is 710. The van der Waals surface area contributed by atoms with Gasteiger partial charge in [0.1, 0.15) is 11.9 Å². The number of carbonyl (C=O) groups is 3. The number of nitrogens with zero attached hydrogens (tertiary/aromatic N) is 2. The zero-order chi connectivity index (χ0) is 19.4. The van der Waals surface area contributed by atoms with E-state index >= 15 is 0 Å². The number of rotatable bonds is 4. The molecule has 1 heterocycles. The van der Waals surface area contributed by atoms with Crippen molar-refractivity contribution in [2.45, 2.75) is 38.6 Å². The Morgan fingerprint density at radius 2 is 1.70 bits per heavy atom. The highest BCUT2D eigenvalue weighted by Crippen LogP contribution is 2.29. The predicted octanol–water partition coefficient (Wildman–Crippen LogP) is 1.80. The second kappa shape index (κ2) is 8.50. The maximum atomic E-state index is 13.3. The number of hydrogen-bond donors (Lipinski definition) is 1. The molecule has 1 saturated heterocycles. The van der Waals surface area contributed by atoms with E-state index < -0.39 is 11.9 Å². The summed E-state index contributed by atoms with van der Waals surface area (Å²) in [6.07, 6.45) is 4.08. The third-order valence-electron chi connectivity index (χ3n) is 5.45. The lowest BCUT2D eigenvalue weighted by Gasteiger charge is -2.37. The number of piperazine rings is 1. The summed E-state index contributed by atoms with van der Waals surface area (Å²) in [6, 6.07) is 5.17. The number of nitrogens with one attached hydrogen (secondary N) is 1. The third-order valence-corrected chi connectivity index (χ3v) is 5.45. The van der Waals surface area contributed by atoms with Crippen LogP contribution in [0, 0.1) is 11.7 Å². The van der Waals surface area contributed by atoms with Gasteiger partial charge in [0.05, 0.1) is 0 Å². The van der Waals surface area contributed by atoms with Crippen LogP contribution in [0.5, 0.6) is 0 Å². The molecule has 1 unspecified atom stereocenters. The molecule has 1 aliphatic heterocycles. The highest BCUT2D eigenvalue weighted by Gasteiger charge is 2.35. The molecule has 7 heteroatoms. The molecule has 0 spiro atoms. The maximum absolute atomic E-state index is 13.3. The molecule has 2 aliphatic rings. The Balaban J connectivity index is 1.60. The lowest BCUT2D eigenvalue weighted by Crippen LogP contribution is -2.57.